The number of hydrogen-bond acceptors (Lipinski definition) is 2. The lowest BCUT2D eigenvalue weighted by Crippen LogP contribution is -2.47. The third-order valence-corrected chi connectivity index (χ3v) is 2.78. The third kappa shape index (κ3) is 2.14. The Hall–Kier alpha value is -0.860. The maximum absolute atomic E-state index is 8.89. The van der Waals surface area contributed by atoms with Crippen molar-refractivity contribution in [1.29, 1.82) is 0 Å². The molecule has 1 fully saturated rings. The predicted molar refractivity (Wildman–Crippen MR) is 57.0 cm³/mol. The normalized spacial score (nSPS) is 18.1. The second-order valence-corrected chi connectivity index (χ2v) is 4.23. The van der Waals surface area contributed by atoms with Gasteiger partial charge in [-0.25, -0.2) is 0 Å². The molecule has 0 aromatic heterocycles. The van der Waals surface area contributed by atoms with Gasteiger partial charge in [0.15, 0.2) is 0 Å². The third-order valence-electron chi connectivity index (χ3n) is 2.78. The van der Waals surface area contributed by atoms with Crippen LogP contribution in [0, 0.1) is 12.8 Å². The molecule has 1 aromatic rings. The number of likely N-dealkylation sites (tertiary alicyclic amines) is 1. The minimum absolute atomic E-state index is 0.338. The first-order valence-electron chi connectivity index (χ1n) is 5.16. The number of nitrogens with zero attached hydrogens (tertiary/aromatic N) is 1. The smallest absolute Gasteiger partial charge is 0.0483 e. The van der Waals surface area contributed by atoms with Crippen molar-refractivity contribution in [3.8, 4) is 0 Å². The minimum atomic E-state index is 0.338. The van der Waals surface area contributed by atoms with Crippen LogP contribution in [0.1, 0.15) is 11.1 Å². The maximum atomic E-state index is 8.89. The van der Waals surface area contributed by atoms with Gasteiger partial charge in [-0.3, -0.25) is 4.90 Å². The van der Waals surface area contributed by atoms with E-state index in [1.807, 2.05) is 0 Å². The summed E-state index contributed by atoms with van der Waals surface area (Å²) in [6, 6.07) is 8.62. The first-order valence-corrected chi connectivity index (χ1v) is 5.16. The van der Waals surface area contributed by atoms with Gasteiger partial charge < -0.3 is 5.11 Å². The zero-order valence-corrected chi connectivity index (χ0v) is 8.61. The summed E-state index contributed by atoms with van der Waals surface area (Å²) in [5.41, 5.74) is 2.70. The summed E-state index contributed by atoms with van der Waals surface area (Å²) < 4.78 is 0. The molecule has 1 N–H and O–H groups in total. The van der Waals surface area contributed by atoms with Crippen LogP contribution in [0.3, 0.4) is 0 Å². The number of benzene rings is 1. The van der Waals surface area contributed by atoms with Crippen LogP contribution in [0.15, 0.2) is 24.3 Å². The average Bonchev–Trinajstić information content (AvgIpc) is 2.10. The number of aliphatic hydroxyl groups excluding tert-OH is 1. The Labute approximate surface area is 85.2 Å². The number of aliphatic hydroxyl groups is 1. The van der Waals surface area contributed by atoms with Gasteiger partial charge in [-0.1, -0.05) is 29.8 Å². The Kier molecular flexibility index (Phi) is 2.85. The monoisotopic (exact) mass is 191 g/mol. The number of aryl methyl sites for hydroxylation is 1. The summed E-state index contributed by atoms with van der Waals surface area (Å²) in [6.07, 6.45) is 0. The van der Waals surface area contributed by atoms with Gasteiger partial charge in [0.2, 0.25) is 0 Å². The molecule has 1 aliphatic heterocycles. The topological polar surface area (TPSA) is 23.5 Å². The van der Waals surface area contributed by atoms with E-state index in [9.17, 15) is 0 Å². The van der Waals surface area contributed by atoms with Crippen LogP contribution in [0.2, 0.25) is 0 Å². The van der Waals surface area contributed by atoms with Gasteiger partial charge in [0.05, 0.1) is 0 Å². The summed E-state index contributed by atoms with van der Waals surface area (Å²) in [4.78, 5) is 2.37. The Balaban J connectivity index is 1.87. The quantitative estimate of drug-likeness (QED) is 0.781. The summed E-state index contributed by atoms with van der Waals surface area (Å²) in [7, 11) is 0. The Bertz CT molecular complexity index is 305. The van der Waals surface area contributed by atoms with Gasteiger partial charge in [-0.2, -0.15) is 0 Å². The van der Waals surface area contributed by atoms with Gasteiger partial charge >= 0.3 is 0 Å². The molecule has 1 saturated heterocycles. The summed E-state index contributed by atoms with van der Waals surface area (Å²) in [6.45, 7) is 5.58. The second-order valence-electron chi connectivity index (χ2n) is 4.23. The molecule has 76 valence electrons. The standard InChI is InChI=1S/C12H17NO/c1-10-3-2-4-11(5-10)6-13-7-12(8-13)9-14/h2-5,12,14H,6-9H2,1H3. The number of rotatable bonds is 3. The molecule has 0 amide bonds. The zero-order valence-electron chi connectivity index (χ0n) is 8.61. The van der Waals surface area contributed by atoms with E-state index in [0.717, 1.165) is 19.6 Å². The van der Waals surface area contributed by atoms with Gasteiger partial charge in [-0.05, 0) is 12.5 Å². The van der Waals surface area contributed by atoms with Crippen LogP contribution in [0.5, 0.6) is 0 Å². The number of hydrogen-bond donors (Lipinski definition) is 1. The van der Waals surface area contributed by atoms with Crippen molar-refractivity contribution in [3.05, 3.63) is 35.4 Å². The van der Waals surface area contributed by atoms with Crippen LogP contribution in [0.4, 0.5) is 0 Å². The largest absolute Gasteiger partial charge is 0.396 e. The first-order chi connectivity index (χ1) is 6.78. The molecule has 1 aliphatic rings. The molecule has 0 unspecified atom stereocenters. The van der Waals surface area contributed by atoms with Gasteiger partial charge in [0.25, 0.3) is 0 Å². The van der Waals surface area contributed by atoms with E-state index in [0.29, 0.717) is 12.5 Å². The van der Waals surface area contributed by atoms with Crippen molar-refractivity contribution in [1.82, 2.24) is 4.90 Å². The lowest BCUT2D eigenvalue weighted by atomic mass is 10.00. The fourth-order valence-electron chi connectivity index (χ4n) is 1.99. The minimum Gasteiger partial charge on any atom is -0.396 e. The van der Waals surface area contributed by atoms with Crippen molar-refractivity contribution in [2.24, 2.45) is 5.92 Å². The van der Waals surface area contributed by atoms with Crippen molar-refractivity contribution in [2.75, 3.05) is 19.7 Å². The summed E-state index contributed by atoms with van der Waals surface area (Å²) in [5.74, 6) is 0.514. The molecule has 1 aromatic carbocycles. The van der Waals surface area contributed by atoms with Crippen molar-refractivity contribution >= 4 is 0 Å². The molecule has 2 rings (SSSR count). The first kappa shape index (κ1) is 9.69. The van der Waals surface area contributed by atoms with E-state index in [1.165, 1.54) is 11.1 Å². The van der Waals surface area contributed by atoms with Crippen molar-refractivity contribution in [3.63, 3.8) is 0 Å². The second kappa shape index (κ2) is 4.11. The van der Waals surface area contributed by atoms with Gasteiger partial charge in [-0.15, -0.1) is 0 Å². The summed E-state index contributed by atoms with van der Waals surface area (Å²) in [5, 5.41) is 8.89. The SMILES string of the molecule is Cc1cccc(CN2CC(CO)C2)c1. The molecule has 0 radical (unpaired) electrons. The van der Waals surface area contributed by atoms with Crippen LogP contribution in [-0.2, 0) is 6.54 Å². The predicted octanol–water partition coefficient (Wildman–Crippen LogP) is 1.42. The Morgan fingerprint density at radius 2 is 2.21 bits per heavy atom. The Morgan fingerprint density at radius 1 is 1.43 bits per heavy atom. The molecular formula is C12H17NO. The highest BCUT2D eigenvalue weighted by Crippen LogP contribution is 2.18. The molecule has 2 nitrogen and oxygen atoms in total. The van der Waals surface area contributed by atoms with Crippen LogP contribution in [-0.4, -0.2) is 29.7 Å². The zero-order chi connectivity index (χ0) is 9.97. The molecule has 1 heterocycles. The summed E-state index contributed by atoms with van der Waals surface area (Å²) >= 11 is 0. The van der Waals surface area contributed by atoms with Crippen molar-refractivity contribution < 1.29 is 5.11 Å². The molecule has 0 bridgehead atoms. The van der Waals surface area contributed by atoms with Crippen molar-refractivity contribution in [2.45, 2.75) is 13.5 Å². The van der Waals surface area contributed by atoms with Gasteiger partial charge in [0.1, 0.15) is 0 Å². The molecule has 14 heavy (non-hydrogen) atoms. The highest BCUT2D eigenvalue weighted by Gasteiger charge is 2.25. The molecule has 2 heteroatoms. The molecule has 0 atom stereocenters. The van der Waals surface area contributed by atoms with Crippen LogP contribution >= 0.6 is 0 Å². The highest BCUT2D eigenvalue weighted by molar-refractivity contribution is 5.22. The molecular weight excluding hydrogens is 174 g/mol. The fraction of sp³-hybridized carbons (Fsp3) is 0.500. The van der Waals surface area contributed by atoms with Crippen LogP contribution in [0.25, 0.3) is 0 Å². The maximum Gasteiger partial charge on any atom is 0.0483 e. The van der Waals surface area contributed by atoms with E-state index in [-0.39, 0.29) is 0 Å². The van der Waals surface area contributed by atoms with E-state index < -0.39 is 0 Å². The lowest BCUT2D eigenvalue weighted by molar-refractivity contribution is 0.0479. The van der Waals surface area contributed by atoms with Crippen LogP contribution < -0.4 is 0 Å². The van der Waals surface area contributed by atoms with E-state index >= 15 is 0 Å². The van der Waals surface area contributed by atoms with E-state index in [2.05, 4.69) is 36.1 Å². The molecule has 0 saturated carbocycles. The van der Waals surface area contributed by atoms with E-state index in [1.54, 1.807) is 0 Å². The molecule has 0 aliphatic carbocycles. The average molecular weight is 191 g/mol. The van der Waals surface area contributed by atoms with Gasteiger partial charge in [0, 0.05) is 32.2 Å². The fourth-order valence-corrected chi connectivity index (χ4v) is 1.99. The van der Waals surface area contributed by atoms with E-state index in [4.69, 9.17) is 5.11 Å². The molecule has 0 spiro atoms. The Morgan fingerprint density at radius 3 is 2.86 bits per heavy atom. The lowest BCUT2D eigenvalue weighted by Gasteiger charge is -2.38. The highest BCUT2D eigenvalue weighted by atomic mass is 16.3.